The number of rotatable bonds is 3. The van der Waals surface area contributed by atoms with Crippen molar-refractivity contribution in [3.8, 4) is 0 Å². The number of carboxylic acids is 1. The lowest BCUT2D eigenvalue weighted by Crippen LogP contribution is -2.49. The molecule has 20 heavy (non-hydrogen) atoms. The summed E-state index contributed by atoms with van der Waals surface area (Å²) in [5, 5.41) is 12.0. The Labute approximate surface area is 120 Å². The van der Waals surface area contributed by atoms with Crippen LogP contribution in [0.25, 0.3) is 0 Å². The Morgan fingerprint density at radius 2 is 1.85 bits per heavy atom. The minimum atomic E-state index is -0.740. The standard InChI is InChI=1S/C15H26N2O3/c1-10-5-3-4-6-13(10)17(2)15(20)16-12-8-7-11(9-12)14(18)19/h10-13H,3-9H2,1-2H3,(H,16,20)(H,18,19). The highest BCUT2D eigenvalue weighted by Crippen LogP contribution is 2.28. The summed E-state index contributed by atoms with van der Waals surface area (Å²) in [6, 6.07) is 0.296. The number of carboxylic acid groups (broad SMARTS) is 1. The first-order chi connectivity index (χ1) is 9.49. The summed E-state index contributed by atoms with van der Waals surface area (Å²) in [4.78, 5) is 25.1. The first kappa shape index (κ1) is 15.1. The average molecular weight is 282 g/mol. The Balaban J connectivity index is 1.84. The van der Waals surface area contributed by atoms with E-state index in [1.54, 1.807) is 0 Å². The number of urea groups is 1. The quantitative estimate of drug-likeness (QED) is 0.835. The zero-order valence-electron chi connectivity index (χ0n) is 12.5. The minimum absolute atomic E-state index is 0.0185. The molecule has 0 aromatic carbocycles. The Morgan fingerprint density at radius 1 is 1.15 bits per heavy atom. The second-order valence-corrected chi connectivity index (χ2v) is 6.43. The van der Waals surface area contributed by atoms with Gasteiger partial charge in [-0.2, -0.15) is 0 Å². The molecule has 2 rings (SSSR count). The summed E-state index contributed by atoms with van der Waals surface area (Å²) in [6.45, 7) is 2.21. The SMILES string of the molecule is CC1CCCCC1N(C)C(=O)NC1CCC(C(=O)O)C1. The Hall–Kier alpha value is -1.26. The zero-order chi connectivity index (χ0) is 14.7. The van der Waals surface area contributed by atoms with Gasteiger partial charge in [0.05, 0.1) is 5.92 Å². The number of nitrogens with zero attached hydrogens (tertiary/aromatic N) is 1. The number of hydrogen-bond acceptors (Lipinski definition) is 2. The fourth-order valence-corrected chi connectivity index (χ4v) is 3.64. The number of hydrogen-bond donors (Lipinski definition) is 2. The van der Waals surface area contributed by atoms with E-state index in [1.165, 1.54) is 19.3 Å². The number of amides is 2. The molecule has 2 amide bonds. The van der Waals surface area contributed by atoms with E-state index in [4.69, 9.17) is 5.11 Å². The third kappa shape index (κ3) is 3.44. The van der Waals surface area contributed by atoms with Crippen LogP contribution < -0.4 is 5.32 Å². The lowest BCUT2D eigenvalue weighted by Gasteiger charge is -2.36. The average Bonchev–Trinajstić information content (AvgIpc) is 2.87. The van der Waals surface area contributed by atoms with Crippen molar-refractivity contribution in [2.45, 2.75) is 64.0 Å². The molecule has 2 aliphatic rings. The van der Waals surface area contributed by atoms with Crippen LogP contribution >= 0.6 is 0 Å². The third-order valence-electron chi connectivity index (χ3n) is 4.99. The first-order valence-electron chi connectivity index (χ1n) is 7.75. The van der Waals surface area contributed by atoms with E-state index >= 15 is 0 Å². The van der Waals surface area contributed by atoms with Crippen LogP contribution in [-0.2, 0) is 4.79 Å². The Kier molecular flexibility index (Phi) is 4.89. The Morgan fingerprint density at radius 3 is 2.45 bits per heavy atom. The molecule has 2 N–H and O–H groups in total. The van der Waals surface area contributed by atoms with Gasteiger partial charge in [-0.05, 0) is 38.0 Å². The molecule has 0 radical (unpaired) electrons. The molecule has 0 aromatic rings. The molecule has 4 atom stereocenters. The number of carbonyl (C=O) groups is 2. The molecule has 2 saturated carbocycles. The van der Waals surface area contributed by atoms with Gasteiger partial charge in [0, 0.05) is 19.1 Å². The first-order valence-corrected chi connectivity index (χ1v) is 7.75. The van der Waals surface area contributed by atoms with Crippen LogP contribution in [0.5, 0.6) is 0 Å². The van der Waals surface area contributed by atoms with Gasteiger partial charge in [0.25, 0.3) is 0 Å². The molecule has 0 heterocycles. The van der Waals surface area contributed by atoms with Gasteiger partial charge in [-0.15, -0.1) is 0 Å². The summed E-state index contributed by atoms with van der Waals surface area (Å²) in [5.41, 5.74) is 0. The van der Waals surface area contributed by atoms with Crippen LogP contribution in [0.15, 0.2) is 0 Å². The second kappa shape index (κ2) is 6.46. The van der Waals surface area contributed by atoms with Gasteiger partial charge in [0.2, 0.25) is 0 Å². The number of nitrogens with one attached hydrogen (secondary N) is 1. The summed E-state index contributed by atoms with van der Waals surface area (Å²) in [7, 11) is 1.87. The predicted octanol–water partition coefficient (Wildman–Crippen LogP) is 2.46. The largest absolute Gasteiger partial charge is 0.481 e. The molecule has 0 saturated heterocycles. The van der Waals surface area contributed by atoms with Crippen LogP contribution in [0.4, 0.5) is 4.79 Å². The van der Waals surface area contributed by atoms with Gasteiger partial charge in [-0.1, -0.05) is 19.8 Å². The van der Waals surface area contributed by atoms with E-state index in [2.05, 4.69) is 12.2 Å². The molecule has 5 heteroatoms. The maximum Gasteiger partial charge on any atom is 0.317 e. The molecular formula is C15H26N2O3. The number of aliphatic carboxylic acids is 1. The molecule has 0 spiro atoms. The highest BCUT2D eigenvalue weighted by atomic mass is 16.4. The van der Waals surface area contributed by atoms with Crippen LogP contribution in [0, 0.1) is 11.8 Å². The Bertz CT molecular complexity index is 372. The third-order valence-corrected chi connectivity index (χ3v) is 4.99. The van der Waals surface area contributed by atoms with Crippen LogP contribution in [0.3, 0.4) is 0 Å². The van der Waals surface area contributed by atoms with E-state index in [1.807, 2.05) is 11.9 Å². The maximum absolute atomic E-state index is 12.3. The van der Waals surface area contributed by atoms with Crippen molar-refractivity contribution in [1.82, 2.24) is 10.2 Å². The van der Waals surface area contributed by atoms with Gasteiger partial charge in [0.1, 0.15) is 0 Å². The molecule has 114 valence electrons. The van der Waals surface area contributed by atoms with Crippen molar-refractivity contribution < 1.29 is 14.7 Å². The fourth-order valence-electron chi connectivity index (χ4n) is 3.64. The van der Waals surface area contributed by atoms with Crippen molar-refractivity contribution in [3.63, 3.8) is 0 Å². The normalized spacial score (nSPS) is 33.7. The van der Waals surface area contributed by atoms with E-state index in [0.717, 1.165) is 12.8 Å². The van der Waals surface area contributed by atoms with Crippen molar-refractivity contribution in [1.29, 1.82) is 0 Å². The van der Waals surface area contributed by atoms with E-state index in [9.17, 15) is 9.59 Å². The van der Waals surface area contributed by atoms with Gasteiger partial charge >= 0.3 is 12.0 Å². The second-order valence-electron chi connectivity index (χ2n) is 6.43. The smallest absolute Gasteiger partial charge is 0.317 e. The molecule has 5 nitrogen and oxygen atoms in total. The van der Waals surface area contributed by atoms with Gasteiger partial charge < -0.3 is 15.3 Å². The van der Waals surface area contributed by atoms with Gasteiger partial charge in [0.15, 0.2) is 0 Å². The van der Waals surface area contributed by atoms with Crippen LogP contribution in [0.2, 0.25) is 0 Å². The topological polar surface area (TPSA) is 69.6 Å². The van der Waals surface area contributed by atoms with Crippen molar-refractivity contribution >= 4 is 12.0 Å². The van der Waals surface area contributed by atoms with Gasteiger partial charge in [-0.25, -0.2) is 4.79 Å². The molecule has 0 aliphatic heterocycles. The predicted molar refractivity (Wildman–Crippen MR) is 76.5 cm³/mol. The van der Waals surface area contributed by atoms with E-state index in [0.29, 0.717) is 24.8 Å². The molecular weight excluding hydrogens is 256 g/mol. The fraction of sp³-hybridized carbons (Fsp3) is 0.867. The molecule has 0 bridgehead atoms. The van der Waals surface area contributed by atoms with Crippen LogP contribution in [-0.4, -0.2) is 41.1 Å². The van der Waals surface area contributed by atoms with Crippen molar-refractivity contribution in [2.75, 3.05) is 7.05 Å². The van der Waals surface area contributed by atoms with Crippen molar-refractivity contribution in [3.05, 3.63) is 0 Å². The highest BCUT2D eigenvalue weighted by Gasteiger charge is 2.33. The summed E-state index contributed by atoms with van der Waals surface area (Å²) >= 11 is 0. The molecule has 4 unspecified atom stereocenters. The number of carbonyl (C=O) groups excluding carboxylic acids is 1. The van der Waals surface area contributed by atoms with Crippen molar-refractivity contribution in [2.24, 2.45) is 11.8 Å². The zero-order valence-corrected chi connectivity index (χ0v) is 12.5. The summed E-state index contributed by atoms with van der Waals surface area (Å²) in [5.74, 6) is -0.481. The molecule has 2 aliphatic carbocycles. The maximum atomic E-state index is 12.3. The van der Waals surface area contributed by atoms with Gasteiger partial charge in [-0.3, -0.25) is 4.79 Å². The lowest BCUT2D eigenvalue weighted by molar-refractivity contribution is -0.141. The monoisotopic (exact) mass is 282 g/mol. The van der Waals surface area contributed by atoms with E-state index in [-0.39, 0.29) is 18.0 Å². The van der Waals surface area contributed by atoms with E-state index < -0.39 is 5.97 Å². The molecule has 0 aromatic heterocycles. The summed E-state index contributed by atoms with van der Waals surface area (Å²) < 4.78 is 0. The lowest BCUT2D eigenvalue weighted by atomic mass is 9.85. The minimum Gasteiger partial charge on any atom is -0.481 e. The molecule has 2 fully saturated rings. The summed E-state index contributed by atoms with van der Waals surface area (Å²) in [6.07, 6.45) is 6.73. The van der Waals surface area contributed by atoms with Crippen LogP contribution in [0.1, 0.15) is 51.9 Å². The highest BCUT2D eigenvalue weighted by molar-refractivity contribution is 5.75.